The molecule has 0 aliphatic rings. The monoisotopic (exact) mass is 324 g/mol. The van der Waals surface area contributed by atoms with Crippen molar-refractivity contribution in [2.24, 2.45) is 0 Å². The van der Waals surface area contributed by atoms with Crippen LogP contribution in [0.2, 0.25) is 0 Å². The van der Waals surface area contributed by atoms with Crippen molar-refractivity contribution in [3.8, 4) is 11.5 Å². The normalized spacial score (nSPS) is 10.6. The number of carbonyl (C=O) groups is 1. The summed E-state index contributed by atoms with van der Waals surface area (Å²) in [5.41, 5.74) is 1.67. The molecule has 0 amide bonds. The van der Waals surface area contributed by atoms with Crippen molar-refractivity contribution in [3.05, 3.63) is 71.5 Å². The molecule has 0 saturated carbocycles. The molecule has 0 radical (unpaired) electrons. The zero-order chi connectivity index (χ0) is 17.1. The number of esters is 1. The Morgan fingerprint density at radius 3 is 2.54 bits per heavy atom. The SMILES string of the molecule is CC(=O)Oc1cc2ccc(F)cc2c(OCc2ccccc2)c1C. The fourth-order valence-corrected chi connectivity index (χ4v) is 2.59. The molecule has 3 aromatic carbocycles. The van der Waals surface area contributed by atoms with Gasteiger partial charge in [0.25, 0.3) is 0 Å². The van der Waals surface area contributed by atoms with Crippen LogP contribution in [0.1, 0.15) is 18.1 Å². The summed E-state index contributed by atoms with van der Waals surface area (Å²) < 4.78 is 24.9. The van der Waals surface area contributed by atoms with Crippen LogP contribution in [-0.4, -0.2) is 5.97 Å². The molecule has 24 heavy (non-hydrogen) atoms. The molecule has 122 valence electrons. The Morgan fingerprint density at radius 1 is 1.08 bits per heavy atom. The molecule has 0 saturated heterocycles. The Bertz CT molecular complexity index is 888. The number of hydrogen-bond acceptors (Lipinski definition) is 3. The van der Waals surface area contributed by atoms with Crippen LogP contribution in [0.3, 0.4) is 0 Å². The van der Waals surface area contributed by atoms with Crippen molar-refractivity contribution in [2.75, 3.05) is 0 Å². The molecule has 0 spiro atoms. The Balaban J connectivity index is 2.06. The van der Waals surface area contributed by atoms with Crippen LogP contribution in [0.4, 0.5) is 4.39 Å². The number of halogens is 1. The summed E-state index contributed by atoms with van der Waals surface area (Å²) in [6, 6.07) is 15.9. The van der Waals surface area contributed by atoms with Gasteiger partial charge in [-0.3, -0.25) is 4.79 Å². The summed E-state index contributed by atoms with van der Waals surface area (Å²) in [7, 11) is 0. The van der Waals surface area contributed by atoms with Gasteiger partial charge >= 0.3 is 5.97 Å². The van der Waals surface area contributed by atoms with Gasteiger partial charge in [-0.25, -0.2) is 4.39 Å². The van der Waals surface area contributed by atoms with Crippen molar-refractivity contribution in [1.82, 2.24) is 0 Å². The predicted octanol–water partition coefficient (Wildman–Crippen LogP) is 4.79. The van der Waals surface area contributed by atoms with E-state index in [1.165, 1.54) is 19.1 Å². The largest absolute Gasteiger partial charge is 0.488 e. The minimum atomic E-state index is -0.409. The van der Waals surface area contributed by atoms with E-state index in [9.17, 15) is 9.18 Å². The molecule has 0 fully saturated rings. The van der Waals surface area contributed by atoms with Crippen molar-refractivity contribution in [1.29, 1.82) is 0 Å². The first-order valence-corrected chi connectivity index (χ1v) is 7.62. The zero-order valence-corrected chi connectivity index (χ0v) is 13.5. The summed E-state index contributed by atoms with van der Waals surface area (Å²) in [5, 5.41) is 1.40. The van der Waals surface area contributed by atoms with Crippen LogP contribution < -0.4 is 9.47 Å². The van der Waals surface area contributed by atoms with E-state index in [0.29, 0.717) is 29.1 Å². The summed E-state index contributed by atoms with van der Waals surface area (Å²) in [4.78, 5) is 11.3. The fraction of sp³-hybridized carbons (Fsp3) is 0.150. The Kier molecular flexibility index (Phi) is 4.47. The lowest BCUT2D eigenvalue weighted by atomic mass is 10.0. The first-order chi connectivity index (χ1) is 11.5. The van der Waals surface area contributed by atoms with Crippen molar-refractivity contribution in [2.45, 2.75) is 20.5 Å². The van der Waals surface area contributed by atoms with Gasteiger partial charge in [0.15, 0.2) is 0 Å². The number of hydrogen-bond donors (Lipinski definition) is 0. The molecular weight excluding hydrogens is 307 g/mol. The van der Waals surface area contributed by atoms with Crippen LogP contribution in [-0.2, 0) is 11.4 Å². The molecule has 0 bridgehead atoms. The maximum Gasteiger partial charge on any atom is 0.308 e. The van der Waals surface area contributed by atoms with Gasteiger partial charge in [-0.2, -0.15) is 0 Å². The molecule has 0 aromatic heterocycles. The Hall–Kier alpha value is -2.88. The van der Waals surface area contributed by atoms with E-state index in [2.05, 4.69) is 0 Å². The lowest BCUT2D eigenvalue weighted by Crippen LogP contribution is -2.05. The molecule has 3 nitrogen and oxygen atoms in total. The molecule has 0 unspecified atom stereocenters. The van der Waals surface area contributed by atoms with Gasteiger partial charge < -0.3 is 9.47 Å². The van der Waals surface area contributed by atoms with Crippen molar-refractivity contribution >= 4 is 16.7 Å². The fourth-order valence-electron chi connectivity index (χ4n) is 2.59. The summed E-state index contributed by atoms with van der Waals surface area (Å²) in [6.07, 6.45) is 0. The molecule has 0 atom stereocenters. The molecule has 0 aliphatic carbocycles. The van der Waals surface area contributed by atoms with Crippen LogP contribution in [0.5, 0.6) is 11.5 Å². The Morgan fingerprint density at radius 2 is 1.83 bits per heavy atom. The van der Waals surface area contributed by atoms with Gasteiger partial charge in [0, 0.05) is 17.9 Å². The Labute approximate surface area is 139 Å². The zero-order valence-electron chi connectivity index (χ0n) is 13.5. The van der Waals surface area contributed by atoms with E-state index in [1.807, 2.05) is 30.3 Å². The molecule has 3 rings (SSSR count). The second kappa shape index (κ2) is 6.71. The maximum absolute atomic E-state index is 13.7. The van der Waals surface area contributed by atoms with Crippen LogP contribution >= 0.6 is 0 Å². The minimum absolute atomic E-state index is 0.341. The topological polar surface area (TPSA) is 35.5 Å². The van der Waals surface area contributed by atoms with Gasteiger partial charge in [0.1, 0.15) is 23.9 Å². The highest BCUT2D eigenvalue weighted by Gasteiger charge is 2.15. The standard InChI is InChI=1S/C20H17FO3/c1-13-19(24-14(2)22)10-16-8-9-17(21)11-18(16)20(13)23-12-15-6-4-3-5-7-15/h3-11H,12H2,1-2H3. The van der Waals surface area contributed by atoms with E-state index in [1.54, 1.807) is 19.1 Å². The highest BCUT2D eigenvalue weighted by Crippen LogP contribution is 2.37. The molecule has 4 heteroatoms. The van der Waals surface area contributed by atoms with E-state index in [-0.39, 0.29) is 5.82 Å². The average Bonchev–Trinajstić information content (AvgIpc) is 2.56. The molecule has 0 aliphatic heterocycles. The summed E-state index contributed by atoms with van der Waals surface area (Å²) in [6.45, 7) is 3.48. The molecule has 0 N–H and O–H groups in total. The van der Waals surface area contributed by atoms with Gasteiger partial charge in [0.2, 0.25) is 0 Å². The van der Waals surface area contributed by atoms with Crippen LogP contribution in [0.15, 0.2) is 54.6 Å². The molecular formula is C20H17FO3. The first-order valence-electron chi connectivity index (χ1n) is 7.62. The van der Waals surface area contributed by atoms with Gasteiger partial charge in [0.05, 0.1) is 0 Å². The second-order valence-electron chi connectivity index (χ2n) is 5.56. The number of benzene rings is 3. The number of ether oxygens (including phenoxy) is 2. The van der Waals surface area contributed by atoms with Crippen LogP contribution in [0, 0.1) is 12.7 Å². The average molecular weight is 324 g/mol. The summed E-state index contributed by atoms with van der Waals surface area (Å²) >= 11 is 0. The highest BCUT2D eigenvalue weighted by molar-refractivity contribution is 5.92. The number of rotatable bonds is 4. The first kappa shape index (κ1) is 16.0. The third-order valence-electron chi connectivity index (χ3n) is 3.74. The quantitative estimate of drug-likeness (QED) is 0.511. The molecule has 0 heterocycles. The smallest absolute Gasteiger partial charge is 0.308 e. The van der Waals surface area contributed by atoms with E-state index < -0.39 is 5.97 Å². The molecule has 3 aromatic rings. The minimum Gasteiger partial charge on any atom is -0.488 e. The lowest BCUT2D eigenvalue weighted by molar-refractivity contribution is -0.131. The van der Waals surface area contributed by atoms with E-state index in [4.69, 9.17) is 9.47 Å². The third-order valence-corrected chi connectivity index (χ3v) is 3.74. The van der Waals surface area contributed by atoms with Gasteiger partial charge in [-0.1, -0.05) is 36.4 Å². The summed E-state index contributed by atoms with van der Waals surface area (Å²) in [5.74, 6) is 0.192. The third kappa shape index (κ3) is 3.38. The van der Waals surface area contributed by atoms with Gasteiger partial charge in [-0.15, -0.1) is 0 Å². The van der Waals surface area contributed by atoms with Crippen LogP contribution in [0.25, 0.3) is 10.8 Å². The maximum atomic E-state index is 13.7. The predicted molar refractivity (Wildman–Crippen MR) is 90.7 cm³/mol. The van der Waals surface area contributed by atoms with Crippen molar-refractivity contribution < 1.29 is 18.7 Å². The second-order valence-corrected chi connectivity index (χ2v) is 5.56. The van der Waals surface area contributed by atoms with E-state index >= 15 is 0 Å². The van der Waals surface area contributed by atoms with Gasteiger partial charge in [-0.05, 0) is 36.1 Å². The number of fused-ring (bicyclic) bond motifs is 1. The van der Waals surface area contributed by atoms with E-state index in [0.717, 1.165) is 10.9 Å². The number of carbonyl (C=O) groups excluding carboxylic acids is 1. The highest BCUT2D eigenvalue weighted by atomic mass is 19.1. The lowest BCUT2D eigenvalue weighted by Gasteiger charge is -2.16. The van der Waals surface area contributed by atoms with Crippen molar-refractivity contribution in [3.63, 3.8) is 0 Å².